The summed E-state index contributed by atoms with van der Waals surface area (Å²) in [5.74, 6) is -0.513. The maximum Gasteiger partial charge on any atom is 0.573 e. The predicted octanol–water partition coefficient (Wildman–Crippen LogP) is 7.94. The van der Waals surface area contributed by atoms with Gasteiger partial charge in [0.15, 0.2) is 0 Å². The number of thiophene rings is 1. The molecule has 0 atom stereocenters. The van der Waals surface area contributed by atoms with Crippen LogP contribution in [0.25, 0.3) is 10.1 Å². The molecule has 1 aliphatic carbocycles. The van der Waals surface area contributed by atoms with Crippen molar-refractivity contribution in [1.29, 1.82) is 0 Å². The summed E-state index contributed by atoms with van der Waals surface area (Å²) >= 11 is 7.70. The molecule has 1 saturated carbocycles. The van der Waals surface area contributed by atoms with Crippen molar-refractivity contribution in [3.8, 4) is 11.5 Å². The number of hydrogen-bond acceptors (Lipinski definition) is 6. The fraction of sp³-hybridized carbons (Fsp3) is 0.276. The van der Waals surface area contributed by atoms with Crippen molar-refractivity contribution in [2.75, 3.05) is 16.3 Å². The van der Waals surface area contributed by atoms with Crippen molar-refractivity contribution in [1.82, 2.24) is 0 Å². The van der Waals surface area contributed by atoms with Crippen molar-refractivity contribution >= 4 is 60.3 Å². The van der Waals surface area contributed by atoms with Crippen LogP contribution < -0.4 is 19.5 Å². The van der Waals surface area contributed by atoms with Gasteiger partial charge < -0.3 is 14.8 Å². The summed E-state index contributed by atoms with van der Waals surface area (Å²) in [4.78, 5) is 13.6. The van der Waals surface area contributed by atoms with Crippen molar-refractivity contribution in [2.24, 2.45) is 0 Å². The molecule has 1 fully saturated rings. The average molecular weight is 639 g/mol. The Morgan fingerprint density at radius 1 is 0.976 bits per heavy atom. The molecule has 7 nitrogen and oxygen atoms in total. The molecule has 3 aromatic carbocycles. The van der Waals surface area contributed by atoms with Crippen molar-refractivity contribution in [3.05, 3.63) is 81.7 Å². The summed E-state index contributed by atoms with van der Waals surface area (Å²) in [6.07, 6.45) is -2.77. The summed E-state index contributed by atoms with van der Waals surface area (Å²) in [7, 11) is -3.45. The largest absolute Gasteiger partial charge is 0.573 e. The molecule has 42 heavy (non-hydrogen) atoms. The topological polar surface area (TPSA) is 93.7 Å². The molecule has 5 rings (SSSR count). The fourth-order valence-electron chi connectivity index (χ4n) is 4.81. The van der Waals surface area contributed by atoms with E-state index in [4.69, 9.17) is 16.3 Å². The lowest BCUT2D eigenvalue weighted by Gasteiger charge is -2.21. The van der Waals surface area contributed by atoms with Gasteiger partial charge in [-0.3, -0.25) is 9.52 Å². The lowest BCUT2D eigenvalue weighted by molar-refractivity contribution is -0.274. The minimum atomic E-state index is -4.86. The van der Waals surface area contributed by atoms with Gasteiger partial charge in [0, 0.05) is 32.6 Å². The Hall–Kier alpha value is -3.48. The van der Waals surface area contributed by atoms with E-state index in [1.807, 2.05) is 0 Å². The summed E-state index contributed by atoms with van der Waals surface area (Å²) in [6, 6.07) is 16.0. The smallest absolute Gasteiger partial charge is 0.491 e. The number of hydrogen-bond donors (Lipinski definition) is 2. The van der Waals surface area contributed by atoms with Crippen molar-refractivity contribution in [3.63, 3.8) is 0 Å². The lowest BCUT2D eigenvalue weighted by atomic mass is 9.87. The van der Waals surface area contributed by atoms with Crippen LogP contribution in [0, 0.1) is 0 Å². The molecular weight excluding hydrogens is 613 g/mol. The highest BCUT2D eigenvalue weighted by Gasteiger charge is 2.47. The molecule has 0 aliphatic heterocycles. The molecule has 1 aliphatic rings. The summed E-state index contributed by atoms with van der Waals surface area (Å²) < 4.78 is 75.5. The Morgan fingerprint density at radius 2 is 1.67 bits per heavy atom. The van der Waals surface area contributed by atoms with Crippen LogP contribution in [-0.4, -0.2) is 33.0 Å². The van der Waals surface area contributed by atoms with Crippen LogP contribution in [0.5, 0.6) is 11.5 Å². The van der Waals surface area contributed by atoms with E-state index in [2.05, 4.69) is 14.8 Å². The van der Waals surface area contributed by atoms with E-state index in [1.54, 1.807) is 62.4 Å². The van der Waals surface area contributed by atoms with Gasteiger partial charge in [-0.1, -0.05) is 11.6 Å². The van der Waals surface area contributed by atoms with Gasteiger partial charge in [-0.15, -0.1) is 24.5 Å². The van der Waals surface area contributed by atoms with Crippen LogP contribution in [0.15, 0.2) is 60.7 Å². The molecule has 0 unspecified atom stereocenters. The molecule has 0 bridgehead atoms. The molecule has 1 amide bonds. The number of fused-ring (bicyclic) bond motifs is 1. The van der Waals surface area contributed by atoms with Gasteiger partial charge >= 0.3 is 6.36 Å². The zero-order valence-electron chi connectivity index (χ0n) is 22.6. The van der Waals surface area contributed by atoms with E-state index in [-0.39, 0.29) is 23.5 Å². The van der Waals surface area contributed by atoms with Crippen LogP contribution in [0.1, 0.15) is 47.5 Å². The zero-order chi connectivity index (χ0) is 30.4. The third kappa shape index (κ3) is 7.11. The molecule has 2 N–H and O–H groups in total. The third-order valence-electron chi connectivity index (χ3n) is 6.54. The number of rotatable bonds is 9. The molecular formula is C29H26ClF3N2O5S2. The van der Waals surface area contributed by atoms with E-state index in [1.165, 1.54) is 23.5 Å². The number of amides is 1. The SMILES string of the molecule is CC(C)Oc1cc(OC(F)(F)F)cc(C2(c3cc(Cl)cc(NC(=O)c4cc5cc(NS(C)(=O)=O)ccc5s4)c3)CC2)c1. The number of carbonyl (C=O) groups is 1. The molecule has 0 radical (unpaired) electrons. The van der Waals surface area contributed by atoms with E-state index in [0.717, 1.165) is 16.5 Å². The van der Waals surface area contributed by atoms with Crippen molar-refractivity contribution < 1.29 is 35.9 Å². The molecule has 13 heteroatoms. The molecule has 1 heterocycles. The Labute approximate surface area is 249 Å². The van der Waals surface area contributed by atoms with Gasteiger partial charge in [0.05, 0.1) is 17.2 Å². The minimum Gasteiger partial charge on any atom is -0.491 e. The molecule has 0 saturated heterocycles. The Kier molecular flexibility index (Phi) is 7.84. The summed E-state index contributed by atoms with van der Waals surface area (Å²) in [5.41, 5.74) is 1.49. The Bertz CT molecular complexity index is 1780. The normalized spacial score (nSPS) is 14.6. The second-order valence-corrected chi connectivity index (χ2v) is 13.7. The highest BCUT2D eigenvalue weighted by molar-refractivity contribution is 7.92. The number of benzene rings is 3. The number of nitrogens with one attached hydrogen (secondary N) is 2. The first-order valence-electron chi connectivity index (χ1n) is 12.8. The van der Waals surface area contributed by atoms with Gasteiger partial charge in [0.1, 0.15) is 11.5 Å². The van der Waals surface area contributed by atoms with Crippen LogP contribution in [0.2, 0.25) is 5.02 Å². The van der Waals surface area contributed by atoms with Gasteiger partial charge in [-0.2, -0.15) is 0 Å². The Balaban J connectivity index is 1.43. The lowest BCUT2D eigenvalue weighted by Crippen LogP contribution is -2.18. The van der Waals surface area contributed by atoms with E-state index in [9.17, 15) is 26.4 Å². The number of sulfonamides is 1. The van der Waals surface area contributed by atoms with Gasteiger partial charge in [-0.25, -0.2) is 8.42 Å². The first kappa shape index (κ1) is 30.0. The van der Waals surface area contributed by atoms with Gasteiger partial charge in [0.2, 0.25) is 10.0 Å². The van der Waals surface area contributed by atoms with E-state index >= 15 is 0 Å². The molecule has 1 aromatic heterocycles. The number of halogens is 4. The van der Waals surface area contributed by atoms with Gasteiger partial charge in [0.25, 0.3) is 5.91 Å². The highest BCUT2D eigenvalue weighted by atomic mass is 35.5. The van der Waals surface area contributed by atoms with Crippen molar-refractivity contribution in [2.45, 2.75) is 44.6 Å². The van der Waals surface area contributed by atoms with Crippen LogP contribution in [0.4, 0.5) is 24.5 Å². The number of ether oxygens (including phenoxy) is 2. The predicted molar refractivity (Wildman–Crippen MR) is 159 cm³/mol. The Morgan fingerprint density at radius 3 is 2.31 bits per heavy atom. The zero-order valence-corrected chi connectivity index (χ0v) is 25.0. The fourth-order valence-corrected chi connectivity index (χ4v) is 6.54. The minimum absolute atomic E-state index is 0.253. The van der Waals surface area contributed by atoms with E-state index in [0.29, 0.717) is 45.1 Å². The maximum atomic E-state index is 13.2. The molecule has 4 aromatic rings. The second kappa shape index (κ2) is 11.0. The van der Waals surface area contributed by atoms with E-state index < -0.39 is 21.8 Å². The van der Waals surface area contributed by atoms with Crippen LogP contribution in [0.3, 0.4) is 0 Å². The quantitative estimate of drug-likeness (QED) is 0.194. The highest BCUT2D eigenvalue weighted by Crippen LogP contribution is 2.55. The third-order valence-corrected chi connectivity index (χ3v) is 8.48. The first-order valence-corrected chi connectivity index (χ1v) is 15.9. The monoisotopic (exact) mass is 638 g/mol. The maximum absolute atomic E-state index is 13.2. The molecule has 0 spiro atoms. The van der Waals surface area contributed by atoms with Crippen LogP contribution >= 0.6 is 22.9 Å². The number of anilines is 2. The molecule has 222 valence electrons. The summed E-state index contributed by atoms with van der Waals surface area (Å²) in [6.45, 7) is 3.55. The first-order chi connectivity index (χ1) is 19.6. The standard InChI is InChI=1S/C29H26ClF3N2O5S2/c1-16(2)39-23-12-19(13-24(15-23)40-29(31,32)33)28(6-7-28)18-10-20(30)14-22(11-18)34-27(36)26-9-17-8-21(35-42(3,37)38)4-5-25(17)41-26/h4-5,8-16,35H,6-7H2,1-3H3,(H,34,36). The summed E-state index contributed by atoms with van der Waals surface area (Å²) in [5, 5.41) is 3.91. The number of carbonyl (C=O) groups excluding carboxylic acids is 1. The van der Waals surface area contributed by atoms with Crippen LogP contribution in [-0.2, 0) is 15.4 Å². The number of alkyl halides is 3. The van der Waals surface area contributed by atoms with Gasteiger partial charge in [-0.05, 0) is 97.8 Å². The second-order valence-electron chi connectivity index (χ2n) is 10.4. The average Bonchev–Trinajstić information content (AvgIpc) is 3.54.